The summed E-state index contributed by atoms with van der Waals surface area (Å²) in [5.41, 5.74) is -1.68. The topological polar surface area (TPSA) is 55.4 Å². The van der Waals surface area contributed by atoms with Crippen molar-refractivity contribution in [1.82, 2.24) is 0 Å². The van der Waals surface area contributed by atoms with E-state index in [0.29, 0.717) is 0 Å². The van der Waals surface area contributed by atoms with Crippen molar-refractivity contribution in [3.63, 3.8) is 0 Å². The van der Waals surface area contributed by atoms with E-state index >= 15 is 0 Å². The summed E-state index contributed by atoms with van der Waals surface area (Å²) in [6.45, 7) is 4.83. The van der Waals surface area contributed by atoms with E-state index in [-0.39, 0.29) is 5.69 Å². The number of hydrogen-bond acceptors (Lipinski definition) is 3. The van der Waals surface area contributed by atoms with Gasteiger partial charge in [0.1, 0.15) is 5.60 Å². The molecule has 0 saturated heterocycles. The molecule has 1 aromatic rings. The van der Waals surface area contributed by atoms with E-state index in [1.54, 1.807) is 20.8 Å². The molecule has 0 heterocycles. The molecule has 4 nitrogen and oxygen atoms in total. The predicted octanol–water partition coefficient (Wildman–Crippen LogP) is 3.78. The molecule has 0 bridgehead atoms. The average molecular weight is 289 g/mol. The highest BCUT2D eigenvalue weighted by Gasteiger charge is 2.40. The summed E-state index contributed by atoms with van der Waals surface area (Å²) in [5.74, 6) is -2.02. The normalized spacial score (nSPS) is 11.9. The SMILES string of the molecule is CC(C)(C)OC(=O)Nc1ccccc1C(=O)C(F)(F)F. The zero-order valence-corrected chi connectivity index (χ0v) is 11.2. The second-order valence-electron chi connectivity index (χ2n) is 5.00. The van der Waals surface area contributed by atoms with Crippen molar-refractivity contribution in [1.29, 1.82) is 0 Å². The van der Waals surface area contributed by atoms with Crippen LogP contribution in [0.1, 0.15) is 31.1 Å². The quantitative estimate of drug-likeness (QED) is 0.843. The van der Waals surface area contributed by atoms with E-state index < -0.39 is 29.2 Å². The molecule has 110 valence electrons. The Labute approximate surface area is 113 Å². The lowest BCUT2D eigenvalue weighted by molar-refractivity contribution is -0.0884. The Balaban J connectivity index is 2.98. The number of rotatable bonds is 2. The van der Waals surface area contributed by atoms with Gasteiger partial charge in [0.15, 0.2) is 0 Å². The average Bonchev–Trinajstić information content (AvgIpc) is 2.24. The Morgan fingerprint density at radius 1 is 1.10 bits per heavy atom. The number of ketones is 1. The predicted molar refractivity (Wildman–Crippen MR) is 66.7 cm³/mol. The van der Waals surface area contributed by atoms with Crippen LogP contribution in [-0.2, 0) is 4.74 Å². The molecule has 0 spiro atoms. The molecule has 0 atom stereocenters. The maximum atomic E-state index is 12.4. The molecule has 0 radical (unpaired) electrons. The third kappa shape index (κ3) is 4.56. The lowest BCUT2D eigenvalue weighted by atomic mass is 10.1. The number of halogens is 3. The molecule has 7 heteroatoms. The number of alkyl halides is 3. The van der Waals surface area contributed by atoms with Gasteiger partial charge in [0, 0.05) is 0 Å². The van der Waals surface area contributed by atoms with Gasteiger partial charge in [-0.1, -0.05) is 12.1 Å². The van der Waals surface area contributed by atoms with Crippen LogP contribution >= 0.6 is 0 Å². The molecule has 0 unspecified atom stereocenters. The number of carbonyl (C=O) groups is 2. The number of para-hydroxylation sites is 1. The molecule has 1 rings (SSSR count). The maximum Gasteiger partial charge on any atom is 0.454 e. The van der Waals surface area contributed by atoms with Crippen molar-refractivity contribution in [2.24, 2.45) is 0 Å². The maximum absolute atomic E-state index is 12.4. The first-order chi connectivity index (χ1) is 9.00. The van der Waals surface area contributed by atoms with Crippen LogP contribution < -0.4 is 5.32 Å². The van der Waals surface area contributed by atoms with Gasteiger partial charge in [-0.05, 0) is 32.9 Å². The Bertz CT molecular complexity index is 518. The van der Waals surface area contributed by atoms with E-state index in [4.69, 9.17) is 4.74 Å². The lowest BCUT2D eigenvalue weighted by Gasteiger charge is -2.20. The van der Waals surface area contributed by atoms with Crippen LogP contribution in [0.5, 0.6) is 0 Å². The molecule has 0 saturated carbocycles. The standard InChI is InChI=1S/C13H14F3NO3/c1-12(2,3)20-11(19)17-9-7-5-4-6-8(9)10(18)13(14,15)16/h4-7H,1-3H3,(H,17,19). The summed E-state index contributed by atoms with van der Waals surface area (Å²) in [4.78, 5) is 22.8. The summed E-state index contributed by atoms with van der Waals surface area (Å²) in [7, 11) is 0. The van der Waals surface area contributed by atoms with Gasteiger partial charge in [-0.3, -0.25) is 10.1 Å². The molecule has 1 amide bonds. The zero-order chi connectivity index (χ0) is 15.6. The van der Waals surface area contributed by atoms with Gasteiger partial charge in [0.05, 0.1) is 11.3 Å². The van der Waals surface area contributed by atoms with Crippen LogP contribution in [0, 0.1) is 0 Å². The van der Waals surface area contributed by atoms with Crippen LogP contribution in [0.15, 0.2) is 24.3 Å². The molecule has 0 aromatic heterocycles. The van der Waals surface area contributed by atoms with Crippen molar-refractivity contribution in [3.8, 4) is 0 Å². The molecule has 0 fully saturated rings. The number of carbonyl (C=O) groups excluding carboxylic acids is 2. The number of anilines is 1. The molecular weight excluding hydrogens is 275 g/mol. The first-order valence-electron chi connectivity index (χ1n) is 5.71. The number of hydrogen-bond donors (Lipinski definition) is 1. The minimum Gasteiger partial charge on any atom is -0.444 e. The fourth-order valence-electron chi connectivity index (χ4n) is 1.36. The Morgan fingerprint density at radius 3 is 2.15 bits per heavy atom. The minimum atomic E-state index is -5.01. The number of benzene rings is 1. The first-order valence-corrected chi connectivity index (χ1v) is 5.71. The fourth-order valence-corrected chi connectivity index (χ4v) is 1.36. The smallest absolute Gasteiger partial charge is 0.444 e. The van der Waals surface area contributed by atoms with E-state index in [2.05, 4.69) is 5.32 Å². The van der Waals surface area contributed by atoms with Gasteiger partial charge in [-0.15, -0.1) is 0 Å². The molecule has 0 aliphatic carbocycles. The third-order valence-electron chi connectivity index (χ3n) is 2.06. The van der Waals surface area contributed by atoms with Crippen LogP contribution in [0.4, 0.5) is 23.7 Å². The highest BCUT2D eigenvalue weighted by Crippen LogP contribution is 2.26. The number of ether oxygens (including phenoxy) is 1. The summed E-state index contributed by atoms with van der Waals surface area (Å²) in [5, 5.41) is 2.14. The van der Waals surface area contributed by atoms with Gasteiger partial charge in [0.2, 0.25) is 0 Å². The molecular formula is C13H14F3NO3. The monoisotopic (exact) mass is 289 g/mol. The largest absolute Gasteiger partial charge is 0.454 e. The van der Waals surface area contributed by atoms with E-state index in [1.165, 1.54) is 18.2 Å². The van der Waals surface area contributed by atoms with Gasteiger partial charge >= 0.3 is 12.3 Å². The number of nitrogens with one attached hydrogen (secondary N) is 1. The van der Waals surface area contributed by atoms with E-state index in [9.17, 15) is 22.8 Å². The second kappa shape index (κ2) is 5.52. The minimum absolute atomic E-state index is 0.246. The highest BCUT2D eigenvalue weighted by molar-refractivity contribution is 6.06. The number of amides is 1. The van der Waals surface area contributed by atoms with Crippen molar-refractivity contribution in [2.75, 3.05) is 5.32 Å². The third-order valence-corrected chi connectivity index (χ3v) is 2.06. The summed E-state index contributed by atoms with van der Waals surface area (Å²) >= 11 is 0. The van der Waals surface area contributed by atoms with Crippen molar-refractivity contribution >= 4 is 17.6 Å². The summed E-state index contributed by atoms with van der Waals surface area (Å²) in [6, 6.07) is 4.87. The molecule has 0 aliphatic rings. The van der Waals surface area contributed by atoms with Gasteiger partial charge in [-0.2, -0.15) is 13.2 Å². The second-order valence-corrected chi connectivity index (χ2v) is 5.00. The van der Waals surface area contributed by atoms with Crippen molar-refractivity contribution < 1.29 is 27.5 Å². The zero-order valence-electron chi connectivity index (χ0n) is 11.2. The Hall–Kier alpha value is -2.05. The highest BCUT2D eigenvalue weighted by atomic mass is 19.4. The van der Waals surface area contributed by atoms with Crippen molar-refractivity contribution in [3.05, 3.63) is 29.8 Å². The van der Waals surface area contributed by atoms with Gasteiger partial charge in [-0.25, -0.2) is 4.79 Å². The Morgan fingerprint density at radius 2 is 1.65 bits per heavy atom. The summed E-state index contributed by atoms with van der Waals surface area (Å²) in [6.07, 6.45) is -5.94. The number of Topliss-reactive ketones (excluding diaryl/α,β-unsaturated/α-hetero) is 1. The Kier molecular flexibility index (Phi) is 4.42. The summed E-state index contributed by atoms with van der Waals surface area (Å²) < 4.78 is 42.2. The van der Waals surface area contributed by atoms with Gasteiger partial charge in [0.25, 0.3) is 5.78 Å². The molecule has 1 aromatic carbocycles. The van der Waals surface area contributed by atoms with Crippen LogP contribution in [0.2, 0.25) is 0 Å². The first kappa shape index (κ1) is 16.0. The van der Waals surface area contributed by atoms with E-state index in [0.717, 1.165) is 6.07 Å². The van der Waals surface area contributed by atoms with Gasteiger partial charge < -0.3 is 4.74 Å². The lowest BCUT2D eigenvalue weighted by Crippen LogP contribution is -2.29. The van der Waals surface area contributed by atoms with Crippen LogP contribution in [0.3, 0.4) is 0 Å². The van der Waals surface area contributed by atoms with E-state index in [1.807, 2.05) is 0 Å². The van der Waals surface area contributed by atoms with Crippen molar-refractivity contribution in [2.45, 2.75) is 32.5 Å². The molecule has 0 aliphatic heterocycles. The molecule has 20 heavy (non-hydrogen) atoms. The fraction of sp³-hybridized carbons (Fsp3) is 0.385. The van der Waals surface area contributed by atoms with Crippen LogP contribution in [0.25, 0.3) is 0 Å². The molecule has 1 N–H and O–H groups in total. The van der Waals surface area contributed by atoms with Crippen LogP contribution in [-0.4, -0.2) is 23.7 Å².